The van der Waals surface area contributed by atoms with Crippen molar-refractivity contribution < 1.29 is 0 Å². The number of hydrogen-bond acceptors (Lipinski definition) is 3. The maximum absolute atomic E-state index is 9.05. The number of rotatable bonds is 2. The van der Waals surface area contributed by atoms with Crippen molar-refractivity contribution in [2.24, 2.45) is 0 Å². The number of halogens is 3. The topological polar surface area (TPSA) is 61.8 Å². The molecule has 0 unspecified atom stereocenters. The number of nitriles is 1. The summed E-state index contributed by atoms with van der Waals surface area (Å²) in [5.41, 5.74) is 7.55. The first-order valence-electron chi connectivity index (χ1n) is 5.22. The fraction of sp³-hybridized carbons (Fsp3) is 0. The first kappa shape index (κ1) is 13.8. The summed E-state index contributed by atoms with van der Waals surface area (Å²) >= 11 is 18.1. The van der Waals surface area contributed by atoms with E-state index in [-0.39, 0.29) is 0 Å². The predicted octanol–water partition coefficient (Wildman–Crippen LogP) is 4.84. The van der Waals surface area contributed by atoms with Crippen LogP contribution in [0.25, 0.3) is 0 Å². The third kappa shape index (κ3) is 3.05. The molecular formula is C13H8Cl3N3. The maximum Gasteiger partial charge on any atom is 0.101 e. The van der Waals surface area contributed by atoms with Crippen LogP contribution in [0.2, 0.25) is 15.1 Å². The maximum atomic E-state index is 9.05. The second kappa shape index (κ2) is 5.58. The van der Waals surface area contributed by atoms with E-state index in [4.69, 9.17) is 45.8 Å². The van der Waals surface area contributed by atoms with Gasteiger partial charge in [0.2, 0.25) is 0 Å². The monoisotopic (exact) mass is 311 g/mol. The average Bonchev–Trinajstić information content (AvgIpc) is 2.34. The summed E-state index contributed by atoms with van der Waals surface area (Å²) < 4.78 is 0. The highest BCUT2D eigenvalue weighted by molar-refractivity contribution is 6.39. The van der Waals surface area contributed by atoms with Gasteiger partial charge in [-0.2, -0.15) is 5.26 Å². The Morgan fingerprint density at radius 2 is 1.68 bits per heavy atom. The molecule has 0 radical (unpaired) electrons. The smallest absolute Gasteiger partial charge is 0.101 e. The van der Waals surface area contributed by atoms with Crippen LogP contribution in [-0.4, -0.2) is 0 Å². The number of nitrogens with two attached hydrogens (primary N) is 1. The van der Waals surface area contributed by atoms with Crippen LogP contribution >= 0.6 is 34.8 Å². The van der Waals surface area contributed by atoms with Crippen molar-refractivity contribution in [1.29, 1.82) is 5.26 Å². The Balaban J connectivity index is 2.48. The molecule has 0 aliphatic carbocycles. The SMILES string of the molecule is N#Cc1ccc(Cl)cc1Nc1c(Cl)cc(N)cc1Cl. The minimum Gasteiger partial charge on any atom is -0.399 e. The molecule has 0 fully saturated rings. The molecule has 0 aliphatic heterocycles. The Morgan fingerprint density at radius 1 is 1.05 bits per heavy atom. The highest BCUT2D eigenvalue weighted by Crippen LogP contribution is 2.36. The zero-order valence-electron chi connectivity index (χ0n) is 9.55. The first-order valence-corrected chi connectivity index (χ1v) is 6.36. The van der Waals surface area contributed by atoms with Crippen LogP contribution in [0.5, 0.6) is 0 Å². The molecule has 2 rings (SSSR count). The number of hydrogen-bond donors (Lipinski definition) is 2. The largest absolute Gasteiger partial charge is 0.399 e. The molecule has 0 aromatic heterocycles. The van der Waals surface area contributed by atoms with Gasteiger partial charge in [0, 0.05) is 10.7 Å². The number of nitrogen functional groups attached to an aromatic ring is 1. The Labute approximate surface area is 125 Å². The summed E-state index contributed by atoms with van der Waals surface area (Å²) in [6, 6.07) is 10.1. The Morgan fingerprint density at radius 3 is 2.26 bits per heavy atom. The van der Waals surface area contributed by atoms with Crippen molar-refractivity contribution in [2.45, 2.75) is 0 Å². The van der Waals surface area contributed by atoms with E-state index < -0.39 is 0 Å². The van der Waals surface area contributed by atoms with E-state index in [0.29, 0.717) is 37.7 Å². The zero-order valence-corrected chi connectivity index (χ0v) is 11.8. The van der Waals surface area contributed by atoms with Crippen molar-refractivity contribution in [3.05, 3.63) is 51.0 Å². The van der Waals surface area contributed by atoms with Crippen LogP contribution in [0.1, 0.15) is 5.56 Å². The second-order valence-electron chi connectivity index (χ2n) is 3.79. The van der Waals surface area contributed by atoms with Gasteiger partial charge in [-0.1, -0.05) is 34.8 Å². The van der Waals surface area contributed by atoms with Gasteiger partial charge in [0.25, 0.3) is 0 Å². The molecule has 0 saturated carbocycles. The molecule has 0 spiro atoms. The van der Waals surface area contributed by atoms with Crippen LogP contribution in [0.4, 0.5) is 17.1 Å². The Kier molecular flexibility index (Phi) is 4.06. The summed E-state index contributed by atoms with van der Waals surface area (Å²) in [6.45, 7) is 0. The number of anilines is 3. The molecule has 0 saturated heterocycles. The number of nitrogens with one attached hydrogen (secondary N) is 1. The molecule has 0 aliphatic rings. The van der Waals surface area contributed by atoms with E-state index in [9.17, 15) is 0 Å². The molecule has 96 valence electrons. The third-order valence-electron chi connectivity index (χ3n) is 2.43. The van der Waals surface area contributed by atoms with Crippen LogP contribution in [0.3, 0.4) is 0 Å². The van der Waals surface area contributed by atoms with Gasteiger partial charge in [-0.15, -0.1) is 0 Å². The van der Waals surface area contributed by atoms with Gasteiger partial charge in [0.1, 0.15) is 6.07 Å². The highest BCUT2D eigenvalue weighted by Gasteiger charge is 2.10. The molecular weight excluding hydrogens is 305 g/mol. The highest BCUT2D eigenvalue weighted by atomic mass is 35.5. The summed E-state index contributed by atoms with van der Waals surface area (Å²) in [5.74, 6) is 0. The molecule has 0 heterocycles. The van der Waals surface area contributed by atoms with Crippen molar-refractivity contribution in [3.63, 3.8) is 0 Å². The Bertz CT molecular complexity index is 654. The molecule has 2 aromatic rings. The van der Waals surface area contributed by atoms with Gasteiger partial charge < -0.3 is 11.1 Å². The van der Waals surface area contributed by atoms with Gasteiger partial charge >= 0.3 is 0 Å². The fourth-order valence-corrected chi connectivity index (χ4v) is 2.33. The van der Waals surface area contributed by atoms with E-state index in [2.05, 4.69) is 11.4 Å². The lowest BCUT2D eigenvalue weighted by Gasteiger charge is -2.12. The lowest BCUT2D eigenvalue weighted by Crippen LogP contribution is -1.97. The molecule has 0 bridgehead atoms. The first-order chi connectivity index (χ1) is 9.01. The van der Waals surface area contributed by atoms with E-state index >= 15 is 0 Å². The van der Waals surface area contributed by atoms with E-state index in [1.54, 1.807) is 30.3 Å². The Hall–Kier alpha value is -1.60. The fourth-order valence-electron chi connectivity index (χ4n) is 1.56. The normalized spacial score (nSPS) is 10.0. The van der Waals surface area contributed by atoms with Crippen molar-refractivity contribution in [1.82, 2.24) is 0 Å². The van der Waals surface area contributed by atoms with Gasteiger partial charge in [-0.3, -0.25) is 0 Å². The molecule has 3 N–H and O–H groups in total. The lowest BCUT2D eigenvalue weighted by atomic mass is 10.2. The van der Waals surface area contributed by atoms with E-state index in [0.717, 1.165) is 0 Å². The summed E-state index contributed by atoms with van der Waals surface area (Å²) in [6.07, 6.45) is 0. The van der Waals surface area contributed by atoms with E-state index in [1.165, 1.54) is 0 Å². The summed E-state index contributed by atoms with van der Waals surface area (Å²) in [4.78, 5) is 0. The zero-order chi connectivity index (χ0) is 14.0. The molecule has 0 atom stereocenters. The van der Waals surface area contributed by atoms with Crippen LogP contribution in [-0.2, 0) is 0 Å². The van der Waals surface area contributed by atoms with Gasteiger partial charge in [0.15, 0.2) is 0 Å². The van der Waals surface area contributed by atoms with Crippen molar-refractivity contribution in [2.75, 3.05) is 11.1 Å². The second-order valence-corrected chi connectivity index (χ2v) is 5.04. The number of nitrogens with zero attached hydrogens (tertiary/aromatic N) is 1. The molecule has 3 nitrogen and oxygen atoms in total. The van der Waals surface area contributed by atoms with Gasteiger partial charge in [-0.25, -0.2) is 0 Å². The quantitative estimate of drug-likeness (QED) is 0.780. The molecule has 6 heteroatoms. The number of benzene rings is 2. The van der Waals surface area contributed by atoms with Gasteiger partial charge in [-0.05, 0) is 30.3 Å². The molecule has 19 heavy (non-hydrogen) atoms. The van der Waals surface area contributed by atoms with Gasteiger partial charge in [0.05, 0.1) is 27.0 Å². The predicted molar refractivity (Wildman–Crippen MR) is 80.3 cm³/mol. The van der Waals surface area contributed by atoms with Crippen molar-refractivity contribution in [3.8, 4) is 6.07 Å². The van der Waals surface area contributed by atoms with Crippen molar-refractivity contribution >= 4 is 51.9 Å². The lowest BCUT2D eigenvalue weighted by molar-refractivity contribution is 1.46. The standard InChI is InChI=1S/C13H8Cl3N3/c14-8-2-1-7(6-17)12(3-8)19-13-10(15)4-9(18)5-11(13)16/h1-5,19H,18H2. The summed E-state index contributed by atoms with van der Waals surface area (Å²) in [5, 5.41) is 13.3. The summed E-state index contributed by atoms with van der Waals surface area (Å²) in [7, 11) is 0. The van der Waals surface area contributed by atoms with Crippen LogP contribution in [0, 0.1) is 11.3 Å². The average molecular weight is 313 g/mol. The minimum absolute atomic E-state index is 0.369. The third-order valence-corrected chi connectivity index (χ3v) is 3.26. The van der Waals surface area contributed by atoms with E-state index in [1.807, 2.05) is 0 Å². The molecule has 0 amide bonds. The van der Waals surface area contributed by atoms with Crippen LogP contribution < -0.4 is 11.1 Å². The van der Waals surface area contributed by atoms with Crippen LogP contribution in [0.15, 0.2) is 30.3 Å². The molecule has 2 aromatic carbocycles. The minimum atomic E-state index is 0.369.